The average Bonchev–Trinajstić information content (AvgIpc) is 3.07. The molecule has 158 valence electrons. The SMILES string of the molecule is CCNC(=NCCS(C)(=O)=O)NC1CCN(Cc2cc(OC)cc(OC)c2)C1. The first-order chi connectivity index (χ1) is 13.3. The molecular formula is C19H32N4O4S. The van der Waals surface area contributed by atoms with Gasteiger partial charge in [-0.25, -0.2) is 8.42 Å². The zero-order valence-electron chi connectivity index (χ0n) is 17.2. The van der Waals surface area contributed by atoms with Gasteiger partial charge in [-0.15, -0.1) is 0 Å². The van der Waals surface area contributed by atoms with Crippen molar-refractivity contribution in [2.75, 3.05) is 52.4 Å². The summed E-state index contributed by atoms with van der Waals surface area (Å²) in [5.41, 5.74) is 1.14. The molecule has 1 atom stereocenters. The summed E-state index contributed by atoms with van der Waals surface area (Å²) in [5, 5.41) is 6.60. The minimum atomic E-state index is -3.01. The van der Waals surface area contributed by atoms with Gasteiger partial charge < -0.3 is 20.1 Å². The van der Waals surface area contributed by atoms with E-state index in [1.165, 1.54) is 6.26 Å². The number of nitrogens with zero attached hydrogens (tertiary/aromatic N) is 2. The number of benzene rings is 1. The second-order valence-corrected chi connectivity index (χ2v) is 9.24. The quantitative estimate of drug-likeness (QED) is 0.459. The van der Waals surface area contributed by atoms with E-state index in [1.807, 2.05) is 25.1 Å². The first-order valence-electron chi connectivity index (χ1n) is 9.49. The summed E-state index contributed by atoms with van der Waals surface area (Å²) in [6.07, 6.45) is 2.23. The number of methoxy groups -OCH3 is 2. The highest BCUT2D eigenvalue weighted by molar-refractivity contribution is 7.90. The Bertz CT molecular complexity index is 745. The predicted octanol–water partition coefficient (Wildman–Crippen LogP) is 0.878. The van der Waals surface area contributed by atoms with Gasteiger partial charge in [0.25, 0.3) is 0 Å². The standard InChI is InChI=1S/C19H32N4O4S/c1-5-20-19(21-7-9-28(4,24)25)22-16-6-8-23(14-16)13-15-10-17(26-2)12-18(11-15)27-3/h10-12,16H,5-9,13-14H2,1-4H3,(H2,20,21,22). The first-order valence-corrected chi connectivity index (χ1v) is 11.6. The molecule has 1 heterocycles. The molecule has 1 fully saturated rings. The summed E-state index contributed by atoms with van der Waals surface area (Å²) >= 11 is 0. The highest BCUT2D eigenvalue weighted by atomic mass is 32.2. The van der Waals surface area contributed by atoms with Gasteiger partial charge in [0.15, 0.2) is 5.96 Å². The predicted molar refractivity (Wildman–Crippen MR) is 112 cm³/mol. The lowest BCUT2D eigenvalue weighted by Gasteiger charge is -2.19. The molecule has 0 radical (unpaired) electrons. The second kappa shape index (κ2) is 10.5. The van der Waals surface area contributed by atoms with Crippen molar-refractivity contribution in [2.24, 2.45) is 4.99 Å². The number of hydrogen-bond acceptors (Lipinski definition) is 6. The Balaban J connectivity index is 1.92. The number of nitrogens with one attached hydrogen (secondary N) is 2. The van der Waals surface area contributed by atoms with Crippen LogP contribution in [-0.4, -0.2) is 77.7 Å². The molecule has 2 N–H and O–H groups in total. The average molecular weight is 413 g/mol. The van der Waals surface area contributed by atoms with Crippen LogP contribution in [-0.2, 0) is 16.4 Å². The Morgan fingerprint density at radius 1 is 1.25 bits per heavy atom. The van der Waals surface area contributed by atoms with Gasteiger partial charge in [0.1, 0.15) is 21.3 Å². The van der Waals surface area contributed by atoms with Crippen LogP contribution in [0.1, 0.15) is 18.9 Å². The van der Waals surface area contributed by atoms with E-state index in [1.54, 1.807) is 14.2 Å². The maximum absolute atomic E-state index is 11.3. The monoisotopic (exact) mass is 412 g/mol. The van der Waals surface area contributed by atoms with Crippen LogP contribution in [0, 0.1) is 0 Å². The van der Waals surface area contributed by atoms with Crippen LogP contribution in [0.4, 0.5) is 0 Å². The fourth-order valence-electron chi connectivity index (χ4n) is 3.15. The van der Waals surface area contributed by atoms with Gasteiger partial charge >= 0.3 is 0 Å². The number of hydrogen-bond donors (Lipinski definition) is 2. The molecule has 1 aliphatic rings. The lowest BCUT2D eigenvalue weighted by atomic mass is 10.2. The lowest BCUT2D eigenvalue weighted by molar-refractivity contribution is 0.321. The molecule has 28 heavy (non-hydrogen) atoms. The second-order valence-electron chi connectivity index (χ2n) is 6.98. The van der Waals surface area contributed by atoms with Crippen molar-refractivity contribution < 1.29 is 17.9 Å². The first kappa shape index (κ1) is 22.3. The van der Waals surface area contributed by atoms with E-state index >= 15 is 0 Å². The van der Waals surface area contributed by atoms with Gasteiger partial charge in [-0.1, -0.05) is 0 Å². The molecule has 0 spiro atoms. The van der Waals surface area contributed by atoms with Gasteiger partial charge in [0.2, 0.25) is 0 Å². The molecular weight excluding hydrogens is 380 g/mol. The zero-order valence-corrected chi connectivity index (χ0v) is 18.0. The van der Waals surface area contributed by atoms with E-state index in [4.69, 9.17) is 9.47 Å². The van der Waals surface area contributed by atoms with Gasteiger partial charge in [0, 0.05) is 44.5 Å². The highest BCUT2D eigenvalue weighted by Crippen LogP contribution is 2.24. The highest BCUT2D eigenvalue weighted by Gasteiger charge is 2.23. The van der Waals surface area contributed by atoms with Gasteiger partial charge in [-0.05, 0) is 31.0 Å². The normalized spacial score (nSPS) is 18.1. The summed E-state index contributed by atoms with van der Waals surface area (Å²) in [6, 6.07) is 6.19. The van der Waals surface area contributed by atoms with Crippen LogP contribution >= 0.6 is 0 Å². The number of rotatable bonds is 9. The molecule has 1 aromatic carbocycles. The van der Waals surface area contributed by atoms with Crippen LogP contribution in [0.5, 0.6) is 11.5 Å². The summed E-state index contributed by atoms with van der Waals surface area (Å²) in [5.74, 6) is 2.30. The Morgan fingerprint density at radius 2 is 1.93 bits per heavy atom. The van der Waals surface area contributed by atoms with E-state index in [-0.39, 0.29) is 18.3 Å². The summed E-state index contributed by atoms with van der Waals surface area (Å²) < 4.78 is 33.3. The van der Waals surface area contributed by atoms with E-state index in [0.29, 0.717) is 5.96 Å². The van der Waals surface area contributed by atoms with Crippen molar-refractivity contribution in [3.8, 4) is 11.5 Å². The largest absolute Gasteiger partial charge is 0.497 e. The molecule has 8 nitrogen and oxygen atoms in total. The zero-order chi connectivity index (χ0) is 20.6. The van der Waals surface area contributed by atoms with Crippen molar-refractivity contribution in [2.45, 2.75) is 25.9 Å². The third-order valence-electron chi connectivity index (χ3n) is 4.51. The third-order valence-corrected chi connectivity index (χ3v) is 5.43. The summed E-state index contributed by atoms with van der Waals surface area (Å²) in [7, 11) is 0.297. The lowest BCUT2D eigenvalue weighted by Crippen LogP contribution is -2.44. The maximum Gasteiger partial charge on any atom is 0.191 e. The van der Waals surface area contributed by atoms with Crippen molar-refractivity contribution in [1.82, 2.24) is 15.5 Å². The fourth-order valence-corrected chi connectivity index (χ4v) is 3.57. The van der Waals surface area contributed by atoms with Crippen molar-refractivity contribution in [1.29, 1.82) is 0 Å². The topological polar surface area (TPSA) is 92.3 Å². The minimum absolute atomic E-state index is 0.0536. The van der Waals surface area contributed by atoms with E-state index in [2.05, 4.69) is 20.5 Å². The molecule has 0 amide bonds. The van der Waals surface area contributed by atoms with Crippen LogP contribution in [0.25, 0.3) is 0 Å². The molecule has 9 heteroatoms. The fraction of sp³-hybridized carbons (Fsp3) is 0.632. The molecule has 0 aromatic heterocycles. The number of sulfone groups is 1. The van der Waals surface area contributed by atoms with E-state index in [9.17, 15) is 8.42 Å². The Labute approximate surface area is 168 Å². The summed E-state index contributed by atoms with van der Waals surface area (Å²) in [6.45, 7) is 5.65. The Morgan fingerprint density at radius 3 is 2.50 bits per heavy atom. The van der Waals surface area contributed by atoms with Gasteiger partial charge in [0.05, 0.1) is 26.5 Å². The number of ether oxygens (including phenoxy) is 2. The molecule has 1 saturated heterocycles. The maximum atomic E-state index is 11.3. The minimum Gasteiger partial charge on any atom is -0.497 e. The van der Waals surface area contributed by atoms with Crippen molar-refractivity contribution in [3.63, 3.8) is 0 Å². The number of aliphatic imine (C=N–C) groups is 1. The van der Waals surface area contributed by atoms with Crippen LogP contribution in [0.3, 0.4) is 0 Å². The molecule has 0 saturated carbocycles. The van der Waals surface area contributed by atoms with Gasteiger partial charge in [-0.3, -0.25) is 9.89 Å². The molecule has 1 unspecified atom stereocenters. The van der Waals surface area contributed by atoms with E-state index < -0.39 is 9.84 Å². The molecule has 1 aromatic rings. The van der Waals surface area contributed by atoms with Crippen LogP contribution < -0.4 is 20.1 Å². The third kappa shape index (κ3) is 7.55. The summed E-state index contributed by atoms with van der Waals surface area (Å²) in [4.78, 5) is 6.75. The Hall–Kier alpha value is -2.00. The van der Waals surface area contributed by atoms with Crippen LogP contribution in [0.2, 0.25) is 0 Å². The molecule has 1 aliphatic heterocycles. The Kier molecular flexibility index (Phi) is 8.37. The number of guanidine groups is 1. The van der Waals surface area contributed by atoms with Gasteiger partial charge in [-0.2, -0.15) is 0 Å². The molecule has 2 rings (SSSR count). The molecule has 0 bridgehead atoms. The van der Waals surface area contributed by atoms with Crippen molar-refractivity contribution >= 4 is 15.8 Å². The van der Waals surface area contributed by atoms with Crippen molar-refractivity contribution in [3.05, 3.63) is 23.8 Å². The smallest absolute Gasteiger partial charge is 0.191 e. The van der Waals surface area contributed by atoms with Crippen LogP contribution in [0.15, 0.2) is 23.2 Å². The molecule has 0 aliphatic carbocycles. The number of likely N-dealkylation sites (tertiary alicyclic amines) is 1. The van der Waals surface area contributed by atoms with E-state index in [0.717, 1.165) is 49.7 Å².